The Bertz CT molecular complexity index is 191. The van der Waals surface area contributed by atoms with Crippen molar-refractivity contribution in [3.63, 3.8) is 0 Å². The second-order valence-corrected chi connectivity index (χ2v) is 3.13. The van der Waals surface area contributed by atoms with E-state index in [2.05, 4.69) is 13.0 Å². The number of hydrogen-bond donors (Lipinski definition) is 0. The number of rotatable bonds is 0. The van der Waals surface area contributed by atoms with Gasteiger partial charge in [0.2, 0.25) is 0 Å². The van der Waals surface area contributed by atoms with Crippen molar-refractivity contribution in [1.29, 1.82) is 0 Å². The summed E-state index contributed by atoms with van der Waals surface area (Å²) in [6, 6.07) is 0. The predicted octanol–water partition coefficient (Wildman–Crippen LogP) is 1.54. The Labute approximate surface area is 54.8 Å². The molecule has 0 aromatic carbocycles. The van der Waals surface area contributed by atoms with E-state index in [9.17, 15) is 4.79 Å². The summed E-state index contributed by atoms with van der Waals surface area (Å²) in [7, 11) is 0. The number of ketones is 1. The van der Waals surface area contributed by atoms with Crippen molar-refractivity contribution in [1.82, 2.24) is 0 Å². The molecule has 0 saturated heterocycles. The van der Waals surface area contributed by atoms with Gasteiger partial charge in [0.15, 0.2) is 0 Å². The van der Waals surface area contributed by atoms with Crippen LogP contribution in [0.3, 0.4) is 0 Å². The topological polar surface area (TPSA) is 17.1 Å². The average molecular weight is 122 g/mol. The van der Waals surface area contributed by atoms with Crippen molar-refractivity contribution in [2.75, 3.05) is 0 Å². The molecule has 2 bridgehead atoms. The molecule has 2 unspecified atom stereocenters. The zero-order valence-corrected chi connectivity index (χ0v) is 5.55. The van der Waals surface area contributed by atoms with Crippen LogP contribution in [-0.4, -0.2) is 5.78 Å². The van der Waals surface area contributed by atoms with E-state index in [-0.39, 0.29) is 0 Å². The van der Waals surface area contributed by atoms with Gasteiger partial charge in [0, 0.05) is 12.3 Å². The maximum Gasteiger partial charge on any atom is 0.140 e. The standard InChI is InChI=1S/C8H10O/c1-5-2-6-3-7(5)8(9)4-6/h2,6-7H,3-4H2,1H3. The summed E-state index contributed by atoms with van der Waals surface area (Å²) < 4.78 is 0. The third-order valence-corrected chi connectivity index (χ3v) is 2.44. The van der Waals surface area contributed by atoms with Crippen LogP contribution in [0.2, 0.25) is 0 Å². The van der Waals surface area contributed by atoms with Crippen molar-refractivity contribution >= 4 is 5.78 Å². The molecule has 1 nitrogen and oxygen atoms in total. The van der Waals surface area contributed by atoms with E-state index in [1.165, 1.54) is 5.57 Å². The normalized spacial score (nSPS) is 39.7. The lowest BCUT2D eigenvalue weighted by molar-refractivity contribution is -0.120. The van der Waals surface area contributed by atoms with Gasteiger partial charge < -0.3 is 0 Å². The Hall–Kier alpha value is -0.590. The van der Waals surface area contributed by atoms with Gasteiger partial charge in [-0.25, -0.2) is 0 Å². The predicted molar refractivity (Wildman–Crippen MR) is 35.0 cm³/mol. The van der Waals surface area contributed by atoms with Gasteiger partial charge in [0.25, 0.3) is 0 Å². The minimum absolute atomic E-state index is 0.329. The molecule has 2 aliphatic rings. The van der Waals surface area contributed by atoms with E-state index in [4.69, 9.17) is 0 Å². The molecule has 0 spiro atoms. The lowest BCUT2D eigenvalue weighted by atomic mass is 9.99. The van der Waals surface area contributed by atoms with E-state index < -0.39 is 0 Å². The third-order valence-electron chi connectivity index (χ3n) is 2.44. The van der Waals surface area contributed by atoms with Gasteiger partial charge in [0.1, 0.15) is 5.78 Å². The van der Waals surface area contributed by atoms with Gasteiger partial charge in [-0.2, -0.15) is 0 Å². The van der Waals surface area contributed by atoms with Gasteiger partial charge in [0.05, 0.1) is 0 Å². The average Bonchev–Trinajstić information content (AvgIpc) is 2.22. The van der Waals surface area contributed by atoms with E-state index in [0.717, 1.165) is 12.8 Å². The van der Waals surface area contributed by atoms with E-state index in [1.54, 1.807) is 0 Å². The second kappa shape index (κ2) is 1.47. The largest absolute Gasteiger partial charge is 0.299 e. The lowest BCUT2D eigenvalue weighted by Crippen LogP contribution is -2.07. The molecule has 0 radical (unpaired) electrons. The van der Waals surface area contributed by atoms with Gasteiger partial charge in [-0.3, -0.25) is 4.79 Å². The molecule has 0 aliphatic heterocycles. The molecule has 1 saturated carbocycles. The highest BCUT2D eigenvalue weighted by molar-refractivity contribution is 5.87. The number of Topliss-reactive ketones (excluding diaryl/α,β-unsaturated/α-hetero) is 1. The first kappa shape index (κ1) is 5.21. The molecule has 0 aromatic heterocycles. The number of allylic oxidation sites excluding steroid dienone is 2. The fourth-order valence-corrected chi connectivity index (χ4v) is 1.97. The monoisotopic (exact) mass is 122 g/mol. The fourth-order valence-electron chi connectivity index (χ4n) is 1.97. The van der Waals surface area contributed by atoms with Crippen LogP contribution in [0.1, 0.15) is 19.8 Å². The molecule has 0 aromatic rings. The van der Waals surface area contributed by atoms with Gasteiger partial charge >= 0.3 is 0 Å². The van der Waals surface area contributed by atoms with Crippen LogP contribution in [0.25, 0.3) is 0 Å². The molecule has 48 valence electrons. The van der Waals surface area contributed by atoms with Crippen LogP contribution in [-0.2, 0) is 4.79 Å². The molecule has 2 atom stereocenters. The van der Waals surface area contributed by atoms with Gasteiger partial charge in [-0.05, 0) is 19.3 Å². The summed E-state index contributed by atoms with van der Waals surface area (Å²) in [4.78, 5) is 11.0. The summed E-state index contributed by atoms with van der Waals surface area (Å²) in [6.07, 6.45) is 4.19. The smallest absolute Gasteiger partial charge is 0.140 e. The first-order valence-electron chi connectivity index (χ1n) is 3.48. The molecule has 2 rings (SSSR count). The Morgan fingerprint density at radius 1 is 1.67 bits per heavy atom. The van der Waals surface area contributed by atoms with E-state index >= 15 is 0 Å². The number of carbonyl (C=O) groups excluding carboxylic acids is 1. The van der Waals surface area contributed by atoms with Crippen molar-refractivity contribution in [3.8, 4) is 0 Å². The molecule has 2 aliphatic carbocycles. The molecule has 1 fully saturated rings. The van der Waals surface area contributed by atoms with Crippen molar-refractivity contribution in [2.45, 2.75) is 19.8 Å². The minimum Gasteiger partial charge on any atom is -0.299 e. The summed E-state index contributed by atoms with van der Waals surface area (Å²) in [5.74, 6) is 1.41. The lowest BCUT2D eigenvalue weighted by Gasteiger charge is -2.05. The van der Waals surface area contributed by atoms with Crippen LogP contribution in [0.4, 0.5) is 0 Å². The Kier molecular flexibility index (Phi) is 0.850. The van der Waals surface area contributed by atoms with Crippen LogP contribution >= 0.6 is 0 Å². The number of hydrogen-bond acceptors (Lipinski definition) is 1. The molecule has 0 amide bonds. The zero-order valence-electron chi connectivity index (χ0n) is 5.55. The Morgan fingerprint density at radius 2 is 2.44 bits per heavy atom. The molecule has 1 heteroatoms. The minimum atomic E-state index is 0.329. The Morgan fingerprint density at radius 3 is 2.78 bits per heavy atom. The highest BCUT2D eigenvalue weighted by Gasteiger charge is 2.37. The maximum absolute atomic E-state index is 11.0. The molecule has 9 heavy (non-hydrogen) atoms. The van der Waals surface area contributed by atoms with Crippen molar-refractivity contribution in [3.05, 3.63) is 11.6 Å². The van der Waals surface area contributed by atoms with E-state index in [1.807, 2.05) is 0 Å². The molecular weight excluding hydrogens is 112 g/mol. The summed E-state index contributed by atoms with van der Waals surface area (Å²) in [5.41, 5.74) is 1.32. The van der Waals surface area contributed by atoms with Gasteiger partial charge in [-0.15, -0.1) is 0 Å². The van der Waals surface area contributed by atoms with Crippen LogP contribution in [0.15, 0.2) is 11.6 Å². The molecule has 0 heterocycles. The summed E-state index contributed by atoms with van der Waals surface area (Å²) in [6.45, 7) is 2.07. The van der Waals surface area contributed by atoms with Crippen LogP contribution < -0.4 is 0 Å². The molecular formula is C8H10O. The number of fused-ring (bicyclic) bond motifs is 2. The maximum atomic E-state index is 11.0. The first-order valence-corrected chi connectivity index (χ1v) is 3.48. The second-order valence-electron chi connectivity index (χ2n) is 3.13. The van der Waals surface area contributed by atoms with Crippen LogP contribution in [0.5, 0.6) is 0 Å². The highest BCUT2D eigenvalue weighted by atomic mass is 16.1. The quantitative estimate of drug-likeness (QED) is 0.445. The number of carbonyl (C=O) groups is 1. The first-order chi connectivity index (χ1) is 4.27. The summed E-state index contributed by atoms with van der Waals surface area (Å²) in [5, 5.41) is 0. The van der Waals surface area contributed by atoms with Gasteiger partial charge in [-0.1, -0.05) is 11.6 Å². The van der Waals surface area contributed by atoms with Crippen molar-refractivity contribution < 1.29 is 4.79 Å². The fraction of sp³-hybridized carbons (Fsp3) is 0.625. The van der Waals surface area contributed by atoms with Crippen molar-refractivity contribution in [2.24, 2.45) is 11.8 Å². The van der Waals surface area contributed by atoms with E-state index in [0.29, 0.717) is 17.6 Å². The highest BCUT2D eigenvalue weighted by Crippen LogP contribution is 2.40. The Balaban J connectivity index is 2.36. The third kappa shape index (κ3) is 0.576. The zero-order chi connectivity index (χ0) is 6.43. The summed E-state index contributed by atoms with van der Waals surface area (Å²) >= 11 is 0. The molecule has 0 N–H and O–H groups in total. The van der Waals surface area contributed by atoms with Crippen LogP contribution in [0, 0.1) is 11.8 Å². The SMILES string of the molecule is CC1=CC2CC(=O)C1C2.